The maximum atomic E-state index is 13.9. The van der Waals surface area contributed by atoms with E-state index in [0.717, 1.165) is 6.42 Å². The lowest BCUT2D eigenvalue weighted by atomic mass is 10.1. The molecule has 1 fully saturated rings. The minimum atomic E-state index is -0.489. The summed E-state index contributed by atoms with van der Waals surface area (Å²) >= 11 is 1.69. The van der Waals surface area contributed by atoms with Crippen LogP contribution in [0, 0.1) is 5.82 Å². The van der Waals surface area contributed by atoms with Gasteiger partial charge in [-0.25, -0.2) is 4.39 Å². The van der Waals surface area contributed by atoms with Crippen molar-refractivity contribution >= 4 is 17.2 Å². The minimum absolute atomic E-state index is 0.0896. The molecule has 0 N–H and O–H groups in total. The summed E-state index contributed by atoms with van der Waals surface area (Å²) in [5.74, 6) is 0.337. The van der Waals surface area contributed by atoms with Crippen molar-refractivity contribution < 1.29 is 18.4 Å². The number of ether oxygens (including phenoxy) is 1. The number of aromatic nitrogens is 2. The topological polar surface area (TPSA) is 68.5 Å². The summed E-state index contributed by atoms with van der Waals surface area (Å²) in [6.45, 7) is 1.24. The monoisotopic (exact) mass is 387 g/mol. The number of carbonyl (C=O) groups excluding carboxylic acids is 1. The van der Waals surface area contributed by atoms with Gasteiger partial charge in [0.25, 0.3) is 0 Å². The molecular weight excluding hydrogens is 369 g/mol. The van der Waals surface area contributed by atoms with Gasteiger partial charge in [-0.15, -0.1) is 11.3 Å². The number of benzene rings is 1. The van der Waals surface area contributed by atoms with E-state index in [0.29, 0.717) is 36.8 Å². The summed E-state index contributed by atoms with van der Waals surface area (Å²) in [6.07, 6.45) is 1.19. The van der Waals surface area contributed by atoms with Crippen molar-refractivity contribution in [1.29, 1.82) is 0 Å². The third-order valence-corrected chi connectivity index (χ3v) is 5.56. The highest BCUT2D eigenvalue weighted by atomic mass is 32.1. The molecule has 0 radical (unpaired) electrons. The van der Waals surface area contributed by atoms with Gasteiger partial charge in [-0.3, -0.25) is 4.79 Å². The molecule has 3 aromatic rings. The van der Waals surface area contributed by atoms with Gasteiger partial charge in [0, 0.05) is 30.0 Å². The lowest BCUT2D eigenvalue weighted by molar-refractivity contribution is -0.127. The summed E-state index contributed by atoms with van der Waals surface area (Å²) in [5, 5.41) is 5.98. The van der Waals surface area contributed by atoms with Crippen molar-refractivity contribution in [2.75, 3.05) is 20.2 Å². The van der Waals surface area contributed by atoms with Gasteiger partial charge >= 0.3 is 0 Å². The van der Waals surface area contributed by atoms with Crippen LogP contribution in [0.1, 0.15) is 23.1 Å². The standard InChI is InChI=1S/C19H18FN3O3S/c1-25-16-5-4-12(9-15(16)20)18-21-19(26-22-18)13-10-17(24)23(11-13)7-6-14-3-2-8-27-14/h2-5,8-9,13H,6-7,10-11H2,1H3. The molecule has 0 spiro atoms. The Balaban J connectivity index is 1.44. The molecule has 4 rings (SSSR count). The molecule has 1 aromatic carbocycles. The first kappa shape index (κ1) is 17.7. The van der Waals surface area contributed by atoms with E-state index in [4.69, 9.17) is 9.26 Å². The van der Waals surface area contributed by atoms with Gasteiger partial charge in [0.1, 0.15) is 0 Å². The Morgan fingerprint density at radius 3 is 3.04 bits per heavy atom. The highest BCUT2D eigenvalue weighted by Crippen LogP contribution is 2.30. The second-order valence-corrected chi connectivity index (χ2v) is 7.41. The number of thiophene rings is 1. The number of carbonyl (C=O) groups is 1. The van der Waals surface area contributed by atoms with E-state index in [1.54, 1.807) is 17.4 Å². The highest BCUT2D eigenvalue weighted by molar-refractivity contribution is 7.09. The van der Waals surface area contributed by atoms with E-state index < -0.39 is 5.82 Å². The third-order valence-electron chi connectivity index (χ3n) is 4.62. The molecule has 27 heavy (non-hydrogen) atoms. The van der Waals surface area contributed by atoms with Gasteiger partial charge in [-0.05, 0) is 36.1 Å². The van der Waals surface area contributed by atoms with E-state index in [2.05, 4.69) is 16.2 Å². The fourth-order valence-electron chi connectivity index (χ4n) is 3.18. The van der Waals surface area contributed by atoms with Crippen LogP contribution >= 0.6 is 11.3 Å². The van der Waals surface area contributed by atoms with Crippen LogP contribution in [0.2, 0.25) is 0 Å². The first-order chi connectivity index (χ1) is 13.1. The second-order valence-electron chi connectivity index (χ2n) is 6.38. The maximum Gasteiger partial charge on any atom is 0.232 e. The minimum Gasteiger partial charge on any atom is -0.494 e. The van der Waals surface area contributed by atoms with Crippen LogP contribution < -0.4 is 4.74 Å². The molecule has 6 nitrogen and oxygen atoms in total. The first-order valence-corrected chi connectivity index (χ1v) is 9.49. The highest BCUT2D eigenvalue weighted by Gasteiger charge is 2.34. The van der Waals surface area contributed by atoms with Crippen LogP contribution in [-0.2, 0) is 11.2 Å². The summed E-state index contributed by atoms with van der Waals surface area (Å²) in [5.41, 5.74) is 0.502. The molecule has 2 aromatic heterocycles. The van der Waals surface area contributed by atoms with Crippen LogP contribution in [0.15, 0.2) is 40.2 Å². The number of likely N-dealkylation sites (tertiary alicyclic amines) is 1. The second kappa shape index (κ2) is 7.48. The lowest BCUT2D eigenvalue weighted by Crippen LogP contribution is -2.27. The van der Waals surface area contributed by atoms with E-state index in [9.17, 15) is 9.18 Å². The average Bonchev–Trinajstić information content (AvgIpc) is 3.41. The van der Waals surface area contributed by atoms with E-state index >= 15 is 0 Å². The Morgan fingerprint density at radius 1 is 1.41 bits per heavy atom. The summed E-state index contributed by atoms with van der Waals surface area (Å²) < 4.78 is 24.2. The number of hydrogen-bond acceptors (Lipinski definition) is 6. The van der Waals surface area contributed by atoms with Crippen molar-refractivity contribution in [3.63, 3.8) is 0 Å². The molecule has 1 aliphatic rings. The SMILES string of the molecule is COc1ccc(-c2noc(C3CC(=O)N(CCc4cccs4)C3)n2)cc1F. The maximum absolute atomic E-state index is 13.9. The molecular formula is C19H18FN3O3S. The van der Waals surface area contributed by atoms with Gasteiger partial charge in [-0.1, -0.05) is 11.2 Å². The van der Waals surface area contributed by atoms with Crippen molar-refractivity contribution in [3.05, 3.63) is 52.3 Å². The third kappa shape index (κ3) is 3.71. The smallest absolute Gasteiger partial charge is 0.232 e. The zero-order valence-electron chi connectivity index (χ0n) is 14.7. The summed E-state index contributed by atoms with van der Waals surface area (Å²) in [4.78, 5) is 19.8. The van der Waals surface area contributed by atoms with E-state index in [1.165, 1.54) is 24.1 Å². The summed E-state index contributed by atoms with van der Waals surface area (Å²) in [6, 6.07) is 8.58. The zero-order valence-corrected chi connectivity index (χ0v) is 15.5. The van der Waals surface area contributed by atoms with E-state index in [-0.39, 0.29) is 17.6 Å². The lowest BCUT2D eigenvalue weighted by Gasteiger charge is -2.15. The Hall–Kier alpha value is -2.74. The quantitative estimate of drug-likeness (QED) is 0.648. The molecule has 0 aliphatic carbocycles. The average molecular weight is 387 g/mol. The number of methoxy groups -OCH3 is 1. The number of amides is 1. The molecule has 0 bridgehead atoms. The Labute approximate surface area is 159 Å². The van der Waals surface area contributed by atoms with E-state index in [1.807, 2.05) is 16.3 Å². The van der Waals surface area contributed by atoms with Crippen LogP contribution in [0.25, 0.3) is 11.4 Å². The van der Waals surface area contributed by atoms with Crippen molar-refractivity contribution in [2.45, 2.75) is 18.8 Å². The summed E-state index contributed by atoms with van der Waals surface area (Å²) in [7, 11) is 1.41. The Bertz CT molecular complexity index is 942. The molecule has 1 atom stereocenters. The molecule has 3 heterocycles. The number of rotatable bonds is 6. The fraction of sp³-hybridized carbons (Fsp3) is 0.316. The Morgan fingerprint density at radius 2 is 2.30 bits per heavy atom. The van der Waals surface area contributed by atoms with Gasteiger partial charge in [0.05, 0.1) is 13.0 Å². The molecule has 140 valence electrons. The van der Waals surface area contributed by atoms with Crippen molar-refractivity contribution in [1.82, 2.24) is 15.0 Å². The van der Waals surface area contributed by atoms with Gasteiger partial charge < -0.3 is 14.2 Å². The Kier molecular flexibility index (Phi) is 4.89. The number of halogens is 1. The number of nitrogens with zero attached hydrogens (tertiary/aromatic N) is 3. The molecule has 0 saturated carbocycles. The van der Waals surface area contributed by atoms with Crippen LogP contribution in [0.4, 0.5) is 4.39 Å². The van der Waals surface area contributed by atoms with Crippen molar-refractivity contribution in [3.8, 4) is 17.1 Å². The van der Waals surface area contributed by atoms with Crippen LogP contribution in [-0.4, -0.2) is 41.1 Å². The zero-order chi connectivity index (χ0) is 18.8. The number of hydrogen-bond donors (Lipinski definition) is 0. The van der Waals surface area contributed by atoms with Crippen LogP contribution in [0.3, 0.4) is 0 Å². The first-order valence-electron chi connectivity index (χ1n) is 8.61. The molecule has 8 heteroatoms. The fourth-order valence-corrected chi connectivity index (χ4v) is 3.88. The van der Waals surface area contributed by atoms with Crippen LogP contribution in [0.5, 0.6) is 5.75 Å². The van der Waals surface area contributed by atoms with Gasteiger partial charge in [-0.2, -0.15) is 4.98 Å². The predicted molar refractivity (Wildman–Crippen MR) is 98.2 cm³/mol. The van der Waals surface area contributed by atoms with Gasteiger partial charge in [0.15, 0.2) is 11.6 Å². The molecule has 1 unspecified atom stereocenters. The largest absolute Gasteiger partial charge is 0.494 e. The predicted octanol–water partition coefficient (Wildman–Crippen LogP) is 3.50. The van der Waals surface area contributed by atoms with Gasteiger partial charge in [0.2, 0.25) is 17.6 Å². The molecule has 1 amide bonds. The molecule has 1 aliphatic heterocycles. The van der Waals surface area contributed by atoms with Crippen molar-refractivity contribution in [2.24, 2.45) is 0 Å². The molecule has 1 saturated heterocycles. The normalized spacial score (nSPS) is 16.9.